The number of nitriles is 1. The van der Waals surface area contributed by atoms with Gasteiger partial charge in [-0.1, -0.05) is 18.2 Å². The van der Waals surface area contributed by atoms with E-state index >= 15 is 0 Å². The molecule has 7 heteroatoms. The van der Waals surface area contributed by atoms with E-state index < -0.39 is 0 Å². The first kappa shape index (κ1) is 20.1. The molecule has 2 aromatic carbocycles. The number of fused-ring (bicyclic) bond motifs is 1. The standard InChI is InChI=1S/C24H22N6O/c1-15-9-21-20(7-8-27-23(21)26)16(2)22(15)12-28-24(31)19-11-29-30(14-19)13-18-6-4-3-5-17(18)10-25/h3-9,11,14H,12-13H2,1-2H3,(H2,26,27)(H,28,31). The van der Waals surface area contributed by atoms with Crippen molar-refractivity contribution in [3.05, 3.63) is 88.4 Å². The van der Waals surface area contributed by atoms with Crippen molar-refractivity contribution in [2.24, 2.45) is 0 Å². The Morgan fingerprint density at radius 3 is 2.84 bits per heavy atom. The van der Waals surface area contributed by atoms with Crippen molar-refractivity contribution in [2.45, 2.75) is 26.9 Å². The second-order valence-electron chi connectivity index (χ2n) is 7.47. The predicted molar refractivity (Wildman–Crippen MR) is 119 cm³/mol. The molecular formula is C24H22N6O. The van der Waals surface area contributed by atoms with E-state index in [9.17, 15) is 10.1 Å². The van der Waals surface area contributed by atoms with E-state index in [-0.39, 0.29) is 5.91 Å². The Hall–Kier alpha value is -4.18. The van der Waals surface area contributed by atoms with Gasteiger partial charge in [-0.2, -0.15) is 10.4 Å². The van der Waals surface area contributed by atoms with Gasteiger partial charge in [0.1, 0.15) is 5.82 Å². The van der Waals surface area contributed by atoms with Crippen LogP contribution in [0.5, 0.6) is 0 Å². The van der Waals surface area contributed by atoms with Gasteiger partial charge in [0.05, 0.1) is 29.9 Å². The van der Waals surface area contributed by atoms with Gasteiger partial charge in [-0.3, -0.25) is 9.48 Å². The van der Waals surface area contributed by atoms with E-state index in [4.69, 9.17) is 5.73 Å². The minimum absolute atomic E-state index is 0.201. The lowest BCUT2D eigenvalue weighted by molar-refractivity contribution is 0.0950. The van der Waals surface area contributed by atoms with Gasteiger partial charge in [0.25, 0.3) is 5.91 Å². The molecule has 0 spiro atoms. The molecule has 7 nitrogen and oxygen atoms in total. The Labute approximate surface area is 180 Å². The van der Waals surface area contributed by atoms with E-state index in [1.807, 2.05) is 44.2 Å². The molecular weight excluding hydrogens is 388 g/mol. The summed E-state index contributed by atoms with van der Waals surface area (Å²) >= 11 is 0. The summed E-state index contributed by atoms with van der Waals surface area (Å²) in [4.78, 5) is 16.9. The van der Waals surface area contributed by atoms with Crippen LogP contribution in [0, 0.1) is 25.2 Å². The van der Waals surface area contributed by atoms with Crippen LogP contribution in [0.15, 0.2) is 55.0 Å². The van der Waals surface area contributed by atoms with Gasteiger partial charge in [-0.15, -0.1) is 0 Å². The van der Waals surface area contributed by atoms with Crippen LogP contribution in [0.2, 0.25) is 0 Å². The fraction of sp³-hybridized carbons (Fsp3) is 0.167. The fourth-order valence-corrected chi connectivity index (χ4v) is 3.78. The van der Waals surface area contributed by atoms with Crippen molar-refractivity contribution in [2.75, 3.05) is 5.73 Å². The number of carbonyl (C=O) groups excluding carboxylic acids is 1. The zero-order valence-electron chi connectivity index (χ0n) is 17.4. The quantitative estimate of drug-likeness (QED) is 0.523. The summed E-state index contributed by atoms with van der Waals surface area (Å²) in [5.74, 6) is 0.303. The lowest BCUT2D eigenvalue weighted by atomic mass is 9.96. The third-order valence-electron chi connectivity index (χ3n) is 5.51. The highest BCUT2D eigenvalue weighted by atomic mass is 16.1. The summed E-state index contributed by atoms with van der Waals surface area (Å²) in [6.07, 6.45) is 4.92. The monoisotopic (exact) mass is 410 g/mol. The number of anilines is 1. The van der Waals surface area contributed by atoms with Gasteiger partial charge >= 0.3 is 0 Å². The molecule has 0 saturated heterocycles. The molecule has 0 aliphatic rings. The maximum Gasteiger partial charge on any atom is 0.254 e. The summed E-state index contributed by atoms with van der Waals surface area (Å²) in [7, 11) is 0. The SMILES string of the molecule is Cc1cc2c(N)nccc2c(C)c1CNC(=O)c1cnn(Cc2ccccc2C#N)c1. The Morgan fingerprint density at radius 2 is 2.03 bits per heavy atom. The average Bonchev–Trinajstić information content (AvgIpc) is 3.23. The first-order valence-corrected chi connectivity index (χ1v) is 9.90. The summed E-state index contributed by atoms with van der Waals surface area (Å²) < 4.78 is 1.66. The summed E-state index contributed by atoms with van der Waals surface area (Å²) in [6.45, 7) is 4.86. The van der Waals surface area contributed by atoms with E-state index in [0.29, 0.717) is 30.0 Å². The first-order chi connectivity index (χ1) is 15.0. The summed E-state index contributed by atoms with van der Waals surface area (Å²) in [5.41, 5.74) is 11.1. The molecule has 0 saturated carbocycles. The van der Waals surface area contributed by atoms with Crippen LogP contribution in [0.4, 0.5) is 5.82 Å². The van der Waals surface area contributed by atoms with Gasteiger partial charge in [0.15, 0.2) is 0 Å². The van der Waals surface area contributed by atoms with E-state index in [2.05, 4.69) is 21.5 Å². The van der Waals surface area contributed by atoms with Crippen molar-refractivity contribution < 1.29 is 4.79 Å². The predicted octanol–water partition coefficient (Wildman–Crippen LogP) is 3.48. The molecule has 4 rings (SSSR count). The number of amides is 1. The number of nitrogens with one attached hydrogen (secondary N) is 1. The van der Waals surface area contributed by atoms with Gasteiger partial charge in [0.2, 0.25) is 0 Å². The average molecular weight is 410 g/mol. The summed E-state index contributed by atoms with van der Waals surface area (Å²) in [5, 5.41) is 18.5. The molecule has 4 aromatic rings. The molecule has 3 N–H and O–H groups in total. The second kappa shape index (κ2) is 8.28. The molecule has 2 aromatic heterocycles. The van der Waals surface area contributed by atoms with Gasteiger partial charge in [0, 0.05) is 24.3 Å². The van der Waals surface area contributed by atoms with Crippen LogP contribution in [0.3, 0.4) is 0 Å². The smallest absolute Gasteiger partial charge is 0.254 e. The number of nitrogens with zero attached hydrogens (tertiary/aromatic N) is 4. The lowest BCUT2D eigenvalue weighted by Crippen LogP contribution is -2.23. The Morgan fingerprint density at radius 1 is 1.23 bits per heavy atom. The minimum Gasteiger partial charge on any atom is -0.383 e. The maximum absolute atomic E-state index is 12.7. The third kappa shape index (κ3) is 3.96. The highest BCUT2D eigenvalue weighted by molar-refractivity contribution is 5.95. The van der Waals surface area contributed by atoms with E-state index in [0.717, 1.165) is 33.0 Å². The number of aromatic nitrogens is 3. The molecule has 0 aliphatic heterocycles. The highest BCUT2D eigenvalue weighted by Gasteiger charge is 2.13. The fourth-order valence-electron chi connectivity index (χ4n) is 3.78. The molecule has 0 radical (unpaired) electrons. The number of hydrogen-bond donors (Lipinski definition) is 2. The molecule has 0 fully saturated rings. The van der Waals surface area contributed by atoms with Crippen LogP contribution >= 0.6 is 0 Å². The number of aryl methyl sites for hydroxylation is 2. The van der Waals surface area contributed by atoms with Gasteiger partial charge < -0.3 is 11.1 Å². The van der Waals surface area contributed by atoms with Crippen LogP contribution in [0.1, 0.15) is 38.2 Å². The number of benzene rings is 2. The molecule has 0 unspecified atom stereocenters. The Bertz CT molecular complexity index is 1330. The molecule has 2 heterocycles. The van der Waals surface area contributed by atoms with Gasteiger partial charge in [-0.25, -0.2) is 4.98 Å². The van der Waals surface area contributed by atoms with E-state index in [1.165, 1.54) is 6.20 Å². The number of hydrogen-bond acceptors (Lipinski definition) is 5. The highest BCUT2D eigenvalue weighted by Crippen LogP contribution is 2.27. The molecule has 0 bridgehead atoms. The molecule has 0 atom stereocenters. The number of carbonyl (C=O) groups is 1. The van der Waals surface area contributed by atoms with Crippen molar-refractivity contribution in [1.82, 2.24) is 20.1 Å². The van der Waals surface area contributed by atoms with E-state index in [1.54, 1.807) is 23.1 Å². The lowest BCUT2D eigenvalue weighted by Gasteiger charge is -2.14. The molecule has 1 amide bonds. The zero-order valence-corrected chi connectivity index (χ0v) is 17.4. The second-order valence-corrected chi connectivity index (χ2v) is 7.47. The van der Waals surface area contributed by atoms with Gasteiger partial charge in [-0.05, 0) is 59.7 Å². The minimum atomic E-state index is -0.201. The maximum atomic E-state index is 12.7. The summed E-state index contributed by atoms with van der Waals surface area (Å²) in [6, 6.07) is 13.5. The van der Waals surface area contributed by atoms with Crippen molar-refractivity contribution >= 4 is 22.5 Å². The van der Waals surface area contributed by atoms with Crippen LogP contribution in [-0.4, -0.2) is 20.7 Å². The number of nitrogens with two attached hydrogens (primary N) is 1. The largest absolute Gasteiger partial charge is 0.383 e. The first-order valence-electron chi connectivity index (χ1n) is 9.90. The van der Waals surface area contributed by atoms with Crippen LogP contribution in [-0.2, 0) is 13.1 Å². The topological polar surface area (TPSA) is 110 Å². The molecule has 154 valence electrons. The van der Waals surface area contributed by atoms with Crippen molar-refractivity contribution in [3.63, 3.8) is 0 Å². The number of pyridine rings is 1. The normalized spacial score (nSPS) is 10.7. The van der Waals surface area contributed by atoms with Crippen molar-refractivity contribution in [1.29, 1.82) is 5.26 Å². The Balaban J connectivity index is 1.50. The molecule has 31 heavy (non-hydrogen) atoms. The number of nitrogen functional groups attached to an aromatic ring is 1. The zero-order chi connectivity index (χ0) is 22.0. The number of rotatable bonds is 5. The Kier molecular flexibility index (Phi) is 5.37. The van der Waals surface area contributed by atoms with Crippen LogP contribution in [0.25, 0.3) is 10.8 Å². The molecule has 0 aliphatic carbocycles. The van der Waals surface area contributed by atoms with Crippen LogP contribution < -0.4 is 11.1 Å². The van der Waals surface area contributed by atoms with Crippen molar-refractivity contribution in [3.8, 4) is 6.07 Å². The third-order valence-corrected chi connectivity index (χ3v) is 5.51.